The largest absolute Gasteiger partial charge is 1.00 e. The van der Waals surface area contributed by atoms with Crippen molar-refractivity contribution in [1.29, 1.82) is 0 Å². The van der Waals surface area contributed by atoms with E-state index >= 15 is 0 Å². The van der Waals surface area contributed by atoms with Crippen LogP contribution in [0.25, 0.3) is 0 Å². The molecule has 0 saturated carbocycles. The normalized spacial score (nSPS) is 11.2. The SMILES string of the molecule is C[C](=[Hf+2])c1ccccc1.[Cl-].[Cl-].c1cc2c([cH-]1)CCCC2.c1cc[cH-]c1. The van der Waals surface area contributed by atoms with Crippen LogP contribution in [0.2, 0.25) is 0 Å². The van der Waals surface area contributed by atoms with Gasteiger partial charge in [-0.2, -0.15) is 41.5 Å². The molecule has 0 heterocycles. The quantitative estimate of drug-likeness (QED) is 0.289. The van der Waals surface area contributed by atoms with Crippen molar-refractivity contribution in [2.45, 2.75) is 32.6 Å². The number of benzene rings is 1. The van der Waals surface area contributed by atoms with E-state index in [0.717, 1.165) is 0 Å². The molecule has 25 heavy (non-hydrogen) atoms. The van der Waals surface area contributed by atoms with Crippen molar-refractivity contribution in [3.8, 4) is 0 Å². The van der Waals surface area contributed by atoms with Crippen molar-refractivity contribution in [2.75, 3.05) is 0 Å². The Morgan fingerprint density at radius 2 is 1.48 bits per heavy atom. The second-order valence-electron chi connectivity index (χ2n) is 5.74. The van der Waals surface area contributed by atoms with Gasteiger partial charge >= 0.3 is 70.0 Å². The maximum absolute atomic E-state index is 2.26. The van der Waals surface area contributed by atoms with E-state index in [1.807, 2.05) is 36.4 Å². The average Bonchev–Trinajstić information content (AvgIpc) is 3.30. The summed E-state index contributed by atoms with van der Waals surface area (Å²) in [7, 11) is 0. The summed E-state index contributed by atoms with van der Waals surface area (Å²) in [5.74, 6) is 0. The van der Waals surface area contributed by atoms with Gasteiger partial charge in [0.2, 0.25) is 0 Å². The van der Waals surface area contributed by atoms with Crippen LogP contribution in [0.1, 0.15) is 36.5 Å². The first kappa shape index (κ1) is 24.2. The summed E-state index contributed by atoms with van der Waals surface area (Å²) in [6, 6.07) is 27.2. The van der Waals surface area contributed by atoms with Gasteiger partial charge in [-0.1, -0.05) is 25.7 Å². The molecule has 0 fully saturated rings. The Morgan fingerprint density at radius 1 is 0.840 bits per heavy atom. The fourth-order valence-electron chi connectivity index (χ4n) is 2.62. The molecule has 4 rings (SSSR count). The van der Waals surface area contributed by atoms with E-state index < -0.39 is 0 Å². The maximum atomic E-state index is 2.26. The average molecular weight is 538 g/mol. The molecule has 0 nitrogen and oxygen atoms in total. The first-order valence-corrected chi connectivity index (χ1v) is 10.1. The summed E-state index contributed by atoms with van der Waals surface area (Å²) in [5, 5.41) is 0. The van der Waals surface area contributed by atoms with Gasteiger partial charge in [-0.3, -0.25) is 0 Å². The molecular weight excluding hydrogens is 514 g/mol. The molecule has 0 aliphatic heterocycles. The van der Waals surface area contributed by atoms with E-state index in [4.69, 9.17) is 0 Å². The molecule has 0 spiro atoms. The number of fused-ring (bicyclic) bond motifs is 1. The van der Waals surface area contributed by atoms with Crippen LogP contribution in [0.5, 0.6) is 0 Å². The minimum absolute atomic E-state index is 0. The molecule has 0 saturated heterocycles. The van der Waals surface area contributed by atoms with E-state index in [1.165, 1.54) is 58.4 Å². The minimum atomic E-state index is 0. The zero-order valence-corrected chi connectivity index (χ0v) is 19.7. The van der Waals surface area contributed by atoms with E-state index in [0.29, 0.717) is 0 Å². The van der Waals surface area contributed by atoms with Crippen molar-refractivity contribution in [2.24, 2.45) is 0 Å². The Kier molecular flexibility index (Phi) is 14.0. The van der Waals surface area contributed by atoms with Crippen LogP contribution in [0.4, 0.5) is 0 Å². The predicted octanol–water partition coefficient (Wildman–Crippen LogP) is -0.528. The standard InChI is InChI=1S/C9H11.C8H8.C5H5.2ClH.Hf/c1-2-5-9-7-3-6-8(9)4-1;1-2-8-6-4-3-5-7-8;1-2-4-5-3-1;;;/h3,6-7H,1-2,4-5H2;3-7H,1H3;1-5H;2*1H;/q-1;;-1;;;+2/p-2. The Morgan fingerprint density at radius 3 is 1.96 bits per heavy atom. The fourth-order valence-corrected chi connectivity index (χ4v) is 3.22. The zero-order valence-electron chi connectivity index (χ0n) is 14.6. The third kappa shape index (κ3) is 9.49. The van der Waals surface area contributed by atoms with Crippen LogP contribution in [0.3, 0.4) is 0 Å². The number of rotatable bonds is 1. The van der Waals surface area contributed by atoms with Gasteiger partial charge in [-0.05, 0) is 0 Å². The Bertz CT molecular complexity index is 631. The molecule has 0 unspecified atom stereocenters. The van der Waals surface area contributed by atoms with Crippen LogP contribution in [-0.2, 0) is 36.7 Å². The van der Waals surface area contributed by atoms with Crippen LogP contribution < -0.4 is 24.8 Å². The summed E-state index contributed by atoms with van der Waals surface area (Å²) < 4.78 is 1.51. The molecule has 132 valence electrons. The zero-order chi connectivity index (χ0) is 16.3. The van der Waals surface area contributed by atoms with Gasteiger partial charge in [0, 0.05) is 0 Å². The molecule has 0 atom stereocenters. The number of hydrogen-bond donors (Lipinski definition) is 0. The topological polar surface area (TPSA) is 0 Å². The van der Waals surface area contributed by atoms with Gasteiger partial charge in [-0.25, -0.2) is 18.2 Å². The van der Waals surface area contributed by atoms with E-state index in [-0.39, 0.29) is 24.8 Å². The van der Waals surface area contributed by atoms with Crippen molar-refractivity contribution >= 4 is 3.26 Å². The van der Waals surface area contributed by atoms with Gasteiger partial charge in [0.05, 0.1) is 0 Å². The summed E-state index contributed by atoms with van der Waals surface area (Å²) in [6.45, 7) is 2.18. The van der Waals surface area contributed by atoms with Crippen molar-refractivity contribution in [3.63, 3.8) is 0 Å². The van der Waals surface area contributed by atoms with Gasteiger partial charge in [-0.15, -0.1) is 0 Å². The van der Waals surface area contributed by atoms with Crippen molar-refractivity contribution in [3.05, 3.63) is 95.6 Å². The van der Waals surface area contributed by atoms with Crippen LogP contribution in [0.15, 0.2) is 78.9 Å². The molecule has 0 bridgehead atoms. The monoisotopic (exact) mass is 538 g/mol. The third-order valence-electron chi connectivity index (χ3n) is 3.91. The molecule has 1 aliphatic carbocycles. The Balaban J connectivity index is 0.000000345. The number of hydrogen-bond acceptors (Lipinski definition) is 0. The van der Waals surface area contributed by atoms with Crippen LogP contribution >= 0.6 is 0 Å². The van der Waals surface area contributed by atoms with Crippen molar-refractivity contribution < 1.29 is 48.7 Å². The Labute approximate surface area is 179 Å². The minimum Gasteiger partial charge on any atom is -1.00 e. The van der Waals surface area contributed by atoms with Crippen LogP contribution in [-0.4, -0.2) is 3.26 Å². The van der Waals surface area contributed by atoms with E-state index in [2.05, 4.69) is 49.4 Å². The first-order valence-electron chi connectivity index (χ1n) is 8.28. The smallest absolute Gasteiger partial charge is 0.0512 e. The van der Waals surface area contributed by atoms with Crippen molar-refractivity contribution in [1.82, 2.24) is 0 Å². The second kappa shape index (κ2) is 14.4. The first-order chi connectivity index (χ1) is 11.3. The van der Waals surface area contributed by atoms with E-state index in [9.17, 15) is 0 Å². The molecule has 3 aromatic rings. The third-order valence-corrected chi connectivity index (χ3v) is 4.95. The molecule has 0 radical (unpaired) electrons. The molecule has 1 aliphatic rings. The summed E-state index contributed by atoms with van der Waals surface area (Å²) >= 11 is 1.17. The summed E-state index contributed by atoms with van der Waals surface area (Å²) in [4.78, 5) is 0. The molecule has 3 aromatic carbocycles. The molecule has 3 heteroatoms. The molecular formula is C22H24Cl2Hf-2. The predicted molar refractivity (Wildman–Crippen MR) is 96.9 cm³/mol. The maximum Gasteiger partial charge on any atom is -0.0512 e. The van der Waals surface area contributed by atoms with Crippen LogP contribution in [0, 0.1) is 0 Å². The molecule has 0 aromatic heterocycles. The number of halogens is 2. The Hall–Kier alpha value is -0.760. The second-order valence-corrected chi connectivity index (χ2v) is 8.43. The van der Waals surface area contributed by atoms with Gasteiger partial charge < -0.3 is 24.8 Å². The number of aryl methyl sites for hydroxylation is 2. The fraction of sp³-hybridized carbons (Fsp3) is 0.227. The summed E-state index contributed by atoms with van der Waals surface area (Å²) in [6.07, 6.45) is 5.44. The van der Waals surface area contributed by atoms with E-state index in [1.54, 1.807) is 11.1 Å². The molecule has 0 N–H and O–H groups in total. The van der Waals surface area contributed by atoms with Gasteiger partial charge in [0.1, 0.15) is 0 Å². The van der Waals surface area contributed by atoms with Gasteiger partial charge in [0.25, 0.3) is 0 Å². The van der Waals surface area contributed by atoms with Gasteiger partial charge in [0.15, 0.2) is 0 Å². The molecule has 0 amide bonds. The summed E-state index contributed by atoms with van der Waals surface area (Å²) in [5.41, 5.74) is 4.59.